The molecule has 0 aliphatic carbocycles. The second kappa shape index (κ2) is 10.6. The molecule has 0 saturated carbocycles. The second-order valence-electron chi connectivity index (χ2n) is 6.58. The van der Waals surface area contributed by atoms with Gasteiger partial charge in [0.05, 0.1) is 0 Å². The van der Waals surface area contributed by atoms with Gasteiger partial charge in [0.2, 0.25) is 0 Å². The molecule has 2 aromatic heterocycles. The van der Waals surface area contributed by atoms with Crippen LogP contribution in [0.3, 0.4) is 0 Å². The van der Waals surface area contributed by atoms with E-state index in [1.165, 1.54) is 17.5 Å². The molecule has 0 radical (unpaired) electrons. The van der Waals surface area contributed by atoms with Gasteiger partial charge in [0.25, 0.3) is 0 Å². The van der Waals surface area contributed by atoms with Crippen LogP contribution in [0.1, 0.15) is 48.9 Å². The number of nitrogens with one attached hydrogen (secondary N) is 2. The topological polar surface area (TPSA) is 49.8 Å². The van der Waals surface area contributed by atoms with Crippen LogP contribution in [-0.4, -0.2) is 23.1 Å². The SMILES string of the molecule is C1=CCC(c2cccnc2)NCC1.C1=CCNC(c2cccnc2)CC1. The fraction of sp³-hybridized carbons (Fsp3) is 0.364. The summed E-state index contributed by atoms with van der Waals surface area (Å²) in [6, 6.07) is 9.18. The number of hydrogen-bond donors (Lipinski definition) is 2. The molecule has 0 bridgehead atoms. The van der Waals surface area contributed by atoms with Gasteiger partial charge in [-0.15, -0.1) is 0 Å². The van der Waals surface area contributed by atoms with Gasteiger partial charge in [-0.25, -0.2) is 0 Å². The van der Waals surface area contributed by atoms with Crippen molar-refractivity contribution in [3.63, 3.8) is 0 Å². The van der Waals surface area contributed by atoms with Gasteiger partial charge in [-0.05, 0) is 55.5 Å². The third-order valence-corrected chi connectivity index (χ3v) is 4.68. The van der Waals surface area contributed by atoms with E-state index in [2.05, 4.69) is 57.0 Å². The highest BCUT2D eigenvalue weighted by Gasteiger charge is 2.11. The lowest BCUT2D eigenvalue weighted by atomic mass is 10.1. The quantitative estimate of drug-likeness (QED) is 0.802. The third-order valence-electron chi connectivity index (χ3n) is 4.68. The predicted octanol–water partition coefficient (Wildman–Crippen LogP) is 4.12. The highest BCUT2D eigenvalue weighted by Crippen LogP contribution is 2.19. The van der Waals surface area contributed by atoms with Gasteiger partial charge in [-0.1, -0.05) is 36.4 Å². The van der Waals surface area contributed by atoms with Gasteiger partial charge >= 0.3 is 0 Å². The first-order valence-electron chi connectivity index (χ1n) is 9.50. The first kappa shape index (κ1) is 18.5. The molecule has 4 heterocycles. The van der Waals surface area contributed by atoms with Crippen molar-refractivity contribution in [1.82, 2.24) is 20.6 Å². The van der Waals surface area contributed by atoms with Crippen LogP contribution in [0.5, 0.6) is 0 Å². The molecule has 0 fully saturated rings. The number of allylic oxidation sites excluding steroid dienone is 1. The van der Waals surface area contributed by atoms with E-state index in [0.29, 0.717) is 12.1 Å². The molecule has 2 atom stereocenters. The maximum absolute atomic E-state index is 4.13. The Balaban J connectivity index is 0.000000151. The zero-order valence-corrected chi connectivity index (χ0v) is 15.2. The highest BCUT2D eigenvalue weighted by molar-refractivity contribution is 5.16. The smallest absolute Gasteiger partial charge is 0.0370 e. The van der Waals surface area contributed by atoms with Gasteiger partial charge in [-0.3, -0.25) is 9.97 Å². The molecule has 2 aliphatic heterocycles. The molecule has 2 unspecified atom stereocenters. The summed E-state index contributed by atoms with van der Waals surface area (Å²) in [5, 5.41) is 6.97. The molecule has 4 rings (SSSR count). The number of hydrogen-bond acceptors (Lipinski definition) is 4. The summed E-state index contributed by atoms with van der Waals surface area (Å²) in [5.74, 6) is 0. The Kier molecular flexibility index (Phi) is 7.56. The summed E-state index contributed by atoms with van der Waals surface area (Å²) in [7, 11) is 0. The van der Waals surface area contributed by atoms with Gasteiger partial charge in [0.1, 0.15) is 0 Å². The van der Waals surface area contributed by atoms with Gasteiger partial charge in [0.15, 0.2) is 0 Å². The van der Waals surface area contributed by atoms with E-state index in [-0.39, 0.29) is 0 Å². The fourth-order valence-corrected chi connectivity index (χ4v) is 3.25. The van der Waals surface area contributed by atoms with Crippen LogP contribution in [0, 0.1) is 0 Å². The zero-order valence-electron chi connectivity index (χ0n) is 15.2. The van der Waals surface area contributed by atoms with E-state index in [1.54, 1.807) is 0 Å². The minimum atomic E-state index is 0.451. The van der Waals surface area contributed by atoms with Crippen molar-refractivity contribution in [3.8, 4) is 0 Å². The molecule has 0 aromatic carbocycles. The minimum Gasteiger partial charge on any atom is -0.309 e. The van der Waals surface area contributed by atoms with Crippen LogP contribution in [-0.2, 0) is 0 Å². The maximum Gasteiger partial charge on any atom is 0.0370 e. The van der Waals surface area contributed by atoms with Crippen molar-refractivity contribution in [1.29, 1.82) is 0 Å². The van der Waals surface area contributed by atoms with Gasteiger partial charge < -0.3 is 10.6 Å². The lowest BCUT2D eigenvalue weighted by molar-refractivity contribution is 0.542. The summed E-state index contributed by atoms with van der Waals surface area (Å²) in [4.78, 5) is 8.26. The first-order chi connectivity index (χ1) is 12.9. The van der Waals surface area contributed by atoms with Crippen molar-refractivity contribution in [2.24, 2.45) is 0 Å². The van der Waals surface area contributed by atoms with Crippen LogP contribution in [0.4, 0.5) is 0 Å². The Hall–Kier alpha value is -2.30. The zero-order chi connectivity index (χ0) is 17.9. The van der Waals surface area contributed by atoms with Crippen molar-refractivity contribution in [2.75, 3.05) is 13.1 Å². The Morgan fingerprint density at radius 1 is 0.769 bits per heavy atom. The Labute approximate surface area is 156 Å². The lowest BCUT2D eigenvalue weighted by Crippen LogP contribution is -2.20. The second-order valence-corrected chi connectivity index (χ2v) is 6.58. The van der Waals surface area contributed by atoms with Gasteiger partial charge in [0, 0.05) is 43.4 Å². The number of pyridine rings is 2. The predicted molar refractivity (Wildman–Crippen MR) is 107 cm³/mol. The van der Waals surface area contributed by atoms with E-state index in [1.807, 2.05) is 36.9 Å². The van der Waals surface area contributed by atoms with Crippen LogP contribution in [0.15, 0.2) is 73.4 Å². The molecule has 2 aromatic rings. The van der Waals surface area contributed by atoms with Crippen molar-refractivity contribution < 1.29 is 0 Å². The third kappa shape index (κ3) is 5.90. The molecule has 4 nitrogen and oxygen atoms in total. The summed E-state index contributed by atoms with van der Waals surface area (Å²) < 4.78 is 0. The van der Waals surface area contributed by atoms with Crippen molar-refractivity contribution in [2.45, 2.75) is 37.8 Å². The van der Waals surface area contributed by atoms with E-state index in [4.69, 9.17) is 0 Å². The molecular weight excluding hydrogens is 320 g/mol. The lowest BCUT2D eigenvalue weighted by Gasteiger charge is -2.15. The van der Waals surface area contributed by atoms with Crippen LogP contribution in [0.2, 0.25) is 0 Å². The molecular formula is C22H28N4. The van der Waals surface area contributed by atoms with E-state index in [9.17, 15) is 0 Å². The molecule has 0 spiro atoms. The van der Waals surface area contributed by atoms with Crippen LogP contribution < -0.4 is 10.6 Å². The van der Waals surface area contributed by atoms with E-state index in [0.717, 1.165) is 32.4 Å². The minimum absolute atomic E-state index is 0.451. The van der Waals surface area contributed by atoms with Crippen molar-refractivity contribution in [3.05, 3.63) is 84.5 Å². The Morgan fingerprint density at radius 2 is 1.50 bits per heavy atom. The monoisotopic (exact) mass is 348 g/mol. The van der Waals surface area contributed by atoms with Gasteiger partial charge in [-0.2, -0.15) is 0 Å². The maximum atomic E-state index is 4.13. The molecule has 4 heteroatoms. The number of aromatic nitrogens is 2. The Bertz CT molecular complexity index is 672. The van der Waals surface area contributed by atoms with Crippen LogP contribution >= 0.6 is 0 Å². The average molecular weight is 348 g/mol. The Morgan fingerprint density at radius 3 is 2.23 bits per heavy atom. The summed E-state index contributed by atoms with van der Waals surface area (Å²) in [6.07, 6.45) is 21.0. The molecule has 2 aliphatic rings. The summed E-state index contributed by atoms with van der Waals surface area (Å²) >= 11 is 0. The first-order valence-corrected chi connectivity index (χ1v) is 9.50. The molecule has 0 amide bonds. The van der Waals surface area contributed by atoms with E-state index < -0.39 is 0 Å². The van der Waals surface area contributed by atoms with Crippen molar-refractivity contribution >= 4 is 0 Å². The number of rotatable bonds is 2. The molecule has 26 heavy (non-hydrogen) atoms. The van der Waals surface area contributed by atoms with Crippen LogP contribution in [0.25, 0.3) is 0 Å². The molecule has 0 saturated heterocycles. The number of nitrogens with zero attached hydrogens (tertiary/aromatic N) is 2. The average Bonchev–Trinajstić information content (AvgIpc) is 3.15. The molecule has 136 valence electrons. The normalized spacial score (nSPS) is 22.6. The fourth-order valence-electron chi connectivity index (χ4n) is 3.25. The molecule has 2 N–H and O–H groups in total. The van der Waals surface area contributed by atoms with E-state index >= 15 is 0 Å². The summed E-state index contributed by atoms with van der Waals surface area (Å²) in [6.45, 7) is 2.04. The highest BCUT2D eigenvalue weighted by atomic mass is 14.9. The largest absolute Gasteiger partial charge is 0.309 e. The summed E-state index contributed by atoms with van der Waals surface area (Å²) in [5.41, 5.74) is 2.58. The standard InChI is InChI=1S/2C11H14N2/c2*1-2-6-11(13-8-3-1)10-5-4-7-12-9-10/h1,3-5,7,9,11,13H,2,6,8H2;1-2,4-5,7,9,11,13H,3,6,8H2.